The second-order valence-electron chi connectivity index (χ2n) is 8.50. The first-order valence-electron chi connectivity index (χ1n) is 11.4. The van der Waals surface area contributed by atoms with E-state index >= 15 is 0 Å². The van der Waals surface area contributed by atoms with Crippen molar-refractivity contribution >= 4 is 45.4 Å². The Labute approximate surface area is 196 Å². The SMILES string of the molecule is O=C(C[C@@H]1C(=O)N(CCc2c[nH]c3ccccc23)c2nc3ccccc3n21)Nc1ccccc1. The predicted molar refractivity (Wildman–Crippen MR) is 133 cm³/mol. The van der Waals surface area contributed by atoms with Crippen LogP contribution in [0.5, 0.6) is 0 Å². The van der Waals surface area contributed by atoms with E-state index in [2.05, 4.69) is 16.4 Å². The summed E-state index contributed by atoms with van der Waals surface area (Å²) in [7, 11) is 0. The number of carbonyl (C=O) groups is 2. The second-order valence-corrected chi connectivity index (χ2v) is 8.50. The van der Waals surface area contributed by atoms with Gasteiger partial charge in [-0.3, -0.25) is 19.1 Å². The maximum Gasteiger partial charge on any atom is 0.253 e. The van der Waals surface area contributed by atoms with Crippen molar-refractivity contribution < 1.29 is 9.59 Å². The highest BCUT2D eigenvalue weighted by Crippen LogP contribution is 2.36. The van der Waals surface area contributed by atoms with E-state index < -0.39 is 6.04 Å². The number of benzene rings is 3. The van der Waals surface area contributed by atoms with Crippen LogP contribution in [0, 0.1) is 0 Å². The van der Waals surface area contributed by atoms with Crippen molar-refractivity contribution in [3.05, 3.63) is 90.6 Å². The lowest BCUT2D eigenvalue weighted by atomic mass is 10.1. The highest BCUT2D eigenvalue weighted by atomic mass is 16.2. The normalized spacial score (nSPS) is 15.2. The number of aromatic nitrogens is 3. The Balaban J connectivity index is 1.30. The number of nitrogens with one attached hydrogen (secondary N) is 2. The number of aromatic amines is 1. The van der Waals surface area contributed by atoms with Crippen LogP contribution in [-0.4, -0.2) is 32.9 Å². The van der Waals surface area contributed by atoms with Gasteiger partial charge in [0.25, 0.3) is 5.91 Å². The molecule has 0 saturated heterocycles. The number of hydrogen-bond acceptors (Lipinski definition) is 3. The largest absolute Gasteiger partial charge is 0.361 e. The molecule has 0 spiro atoms. The minimum atomic E-state index is -0.630. The van der Waals surface area contributed by atoms with Crippen LogP contribution in [-0.2, 0) is 16.0 Å². The van der Waals surface area contributed by atoms with E-state index in [1.165, 1.54) is 0 Å². The third-order valence-corrected chi connectivity index (χ3v) is 6.40. The smallest absolute Gasteiger partial charge is 0.253 e. The van der Waals surface area contributed by atoms with Crippen molar-refractivity contribution in [2.24, 2.45) is 0 Å². The molecule has 0 aliphatic carbocycles. The van der Waals surface area contributed by atoms with Crippen LogP contribution in [0.4, 0.5) is 11.6 Å². The molecule has 0 fully saturated rings. The number of hydrogen-bond donors (Lipinski definition) is 2. The lowest BCUT2D eigenvalue weighted by molar-refractivity contribution is -0.124. The number of H-pyrrole nitrogens is 1. The molecule has 7 nitrogen and oxygen atoms in total. The summed E-state index contributed by atoms with van der Waals surface area (Å²) < 4.78 is 1.91. The van der Waals surface area contributed by atoms with E-state index in [9.17, 15) is 9.59 Å². The van der Waals surface area contributed by atoms with Gasteiger partial charge in [-0.1, -0.05) is 48.5 Å². The number of nitrogens with zero attached hydrogens (tertiary/aromatic N) is 3. The van der Waals surface area contributed by atoms with Crippen molar-refractivity contribution in [2.45, 2.75) is 18.9 Å². The van der Waals surface area contributed by atoms with Crippen LogP contribution in [0.2, 0.25) is 0 Å². The zero-order valence-electron chi connectivity index (χ0n) is 18.4. The van der Waals surface area contributed by atoms with E-state index in [4.69, 9.17) is 4.98 Å². The van der Waals surface area contributed by atoms with Crippen molar-refractivity contribution in [3.63, 3.8) is 0 Å². The van der Waals surface area contributed by atoms with Gasteiger partial charge in [-0.2, -0.15) is 0 Å². The van der Waals surface area contributed by atoms with Gasteiger partial charge in [-0.15, -0.1) is 0 Å². The molecule has 6 rings (SSSR count). The molecule has 7 heteroatoms. The van der Waals surface area contributed by atoms with Gasteiger partial charge in [-0.05, 0) is 42.3 Å². The fourth-order valence-corrected chi connectivity index (χ4v) is 4.79. The van der Waals surface area contributed by atoms with E-state index in [1.807, 2.05) is 83.6 Å². The van der Waals surface area contributed by atoms with Gasteiger partial charge in [0, 0.05) is 29.3 Å². The summed E-state index contributed by atoms with van der Waals surface area (Å²) in [6.07, 6.45) is 2.73. The Morgan fingerprint density at radius 2 is 1.74 bits per heavy atom. The summed E-state index contributed by atoms with van der Waals surface area (Å²) in [6.45, 7) is 0.487. The summed E-state index contributed by atoms with van der Waals surface area (Å²) in [4.78, 5) is 36.2. The van der Waals surface area contributed by atoms with Gasteiger partial charge in [-0.25, -0.2) is 4.98 Å². The van der Waals surface area contributed by atoms with Crippen molar-refractivity contribution in [1.29, 1.82) is 0 Å². The first-order chi connectivity index (χ1) is 16.7. The average molecular weight is 450 g/mol. The molecule has 1 aliphatic heterocycles. The molecule has 34 heavy (non-hydrogen) atoms. The van der Waals surface area contributed by atoms with E-state index in [0.29, 0.717) is 24.6 Å². The molecule has 3 heterocycles. The van der Waals surface area contributed by atoms with E-state index in [0.717, 1.165) is 27.5 Å². The Morgan fingerprint density at radius 1 is 0.971 bits per heavy atom. The highest BCUT2D eigenvalue weighted by Gasteiger charge is 2.40. The maximum atomic E-state index is 13.6. The number of rotatable bonds is 6. The molecule has 0 bridgehead atoms. The molecule has 0 radical (unpaired) electrons. The number of fused-ring (bicyclic) bond motifs is 4. The van der Waals surface area contributed by atoms with Crippen LogP contribution >= 0.6 is 0 Å². The monoisotopic (exact) mass is 449 g/mol. The molecule has 0 saturated carbocycles. The molecule has 2 N–H and O–H groups in total. The number of para-hydroxylation sites is 4. The summed E-state index contributed by atoms with van der Waals surface area (Å²) in [6, 6.07) is 24.5. The third kappa shape index (κ3) is 3.42. The Kier molecular flexibility index (Phi) is 4.87. The van der Waals surface area contributed by atoms with Gasteiger partial charge in [0.2, 0.25) is 11.9 Å². The first kappa shape index (κ1) is 20.2. The lowest BCUT2D eigenvalue weighted by Gasteiger charge is -2.16. The number of carbonyl (C=O) groups excluding carboxylic acids is 2. The maximum absolute atomic E-state index is 13.6. The van der Waals surface area contributed by atoms with Crippen LogP contribution in [0.1, 0.15) is 18.0 Å². The fraction of sp³-hybridized carbons (Fsp3) is 0.148. The zero-order valence-corrected chi connectivity index (χ0v) is 18.4. The summed E-state index contributed by atoms with van der Waals surface area (Å²) in [5, 5.41) is 4.06. The molecule has 5 aromatic rings. The van der Waals surface area contributed by atoms with Crippen molar-refractivity contribution in [1.82, 2.24) is 14.5 Å². The minimum absolute atomic E-state index is 0.0463. The quantitative estimate of drug-likeness (QED) is 0.395. The van der Waals surface area contributed by atoms with Crippen LogP contribution in [0.25, 0.3) is 21.9 Å². The fourth-order valence-electron chi connectivity index (χ4n) is 4.79. The summed E-state index contributed by atoms with van der Waals surface area (Å²) in [5.41, 5.74) is 4.61. The molecule has 1 aliphatic rings. The number of imidazole rings is 1. The molecular weight excluding hydrogens is 426 g/mol. The predicted octanol–water partition coefficient (Wildman–Crippen LogP) is 4.68. The first-order valence-corrected chi connectivity index (χ1v) is 11.4. The zero-order chi connectivity index (χ0) is 23.1. The molecule has 1 atom stereocenters. The Morgan fingerprint density at radius 3 is 2.62 bits per heavy atom. The van der Waals surface area contributed by atoms with Gasteiger partial charge < -0.3 is 10.3 Å². The molecule has 168 valence electrons. The van der Waals surface area contributed by atoms with Crippen molar-refractivity contribution in [2.75, 3.05) is 16.8 Å². The van der Waals surface area contributed by atoms with E-state index in [-0.39, 0.29) is 18.2 Å². The van der Waals surface area contributed by atoms with Gasteiger partial charge in [0.05, 0.1) is 17.5 Å². The highest BCUT2D eigenvalue weighted by molar-refractivity contribution is 6.05. The Hall–Kier alpha value is -4.39. The lowest BCUT2D eigenvalue weighted by Crippen LogP contribution is -2.33. The summed E-state index contributed by atoms with van der Waals surface area (Å²) >= 11 is 0. The topological polar surface area (TPSA) is 83.0 Å². The van der Waals surface area contributed by atoms with Crippen LogP contribution in [0.3, 0.4) is 0 Å². The minimum Gasteiger partial charge on any atom is -0.361 e. The number of amides is 2. The number of anilines is 2. The standard InChI is InChI=1S/C27H23N5O2/c33-25(29-19-8-2-1-3-9-19)16-24-26(34)31(27-30-22-12-6-7-13-23(22)32(24)27)15-14-18-17-28-21-11-5-4-10-20(18)21/h1-13,17,24,28H,14-16H2,(H,29,33)/t24-/m1/s1. The Bertz CT molecular complexity index is 1520. The van der Waals surface area contributed by atoms with Crippen LogP contribution in [0.15, 0.2) is 85.1 Å². The van der Waals surface area contributed by atoms with Gasteiger partial charge in [0.15, 0.2) is 0 Å². The molecule has 2 aromatic heterocycles. The summed E-state index contributed by atoms with van der Waals surface area (Å²) in [5.74, 6) is 0.298. The third-order valence-electron chi connectivity index (χ3n) is 6.40. The van der Waals surface area contributed by atoms with Gasteiger partial charge in [0.1, 0.15) is 6.04 Å². The van der Waals surface area contributed by atoms with Crippen LogP contribution < -0.4 is 10.2 Å². The molecule has 3 aromatic carbocycles. The second kappa shape index (κ2) is 8.19. The molecule has 2 amide bonds. The van der Waals surface area contributed by atoms with Gasteiger partial charge >= 0.3 is 0 Å². The molecular formula is C27H23N5O2. The molecule has 0 unspecified atom stereocenters. The van der Waals surface area contributed by atoms with E-state index in [1.54, 1.807) is 4.90 Å². The van der Waals surface area contributed by atoms with Crippen molar-refractivity contribution in [3.8, 4) is 0 Å². The average Bonchev–Trinajstić information content (AvgIpc) is 3.51.